The molecule has 0 aliphatic heterocycles. The number of hydrogen-bond donors (Lipinski definition) is 2. The Kier molecular flexibility index (Phi) is 3.63. The third kappa shape index (κ3) is 2.62. The maximum Gasteiger partial charge on any atom is 0.136 e. The van der Waals surface area contributed by atoms with Gasteiger partial charge in [0, 0.05) is 3.57 Å². The summed E-state index contributed by atoms with van der Waals surface area (Å²) in [7, 11) is 0. The van der Waals surface area contributed by atoms with Crippen LogP contribution in [0.5, 0.6) is 0 Å². The van der Waals surface area contributed by atoms with Crippen molar-refractivity contribution in [2.24, 2.45) is 5.73 Å². The molecule has 0 amide bonds. The van der Waals surface area contributed by atoms with Gasteiger partial charge in [0.25, 0.3) is 0 Å². The van der Waals surface area contributed by atoms with Crippen LogP contribution < -0.4 is 5.73 Å². The molecule has 1 rings (SSSR count). The van der Waals surface area contributed by atoms with Gasteiger partial charge < -0.3 is 10.8 Å². The second-order valence-electron chi connectivity index (χ2n) is 2.94. The third-order valence-corrected chi connectivity index (χ3v) is 2.72. The fourth-order valence-corrected chi connectivity index (χ4v) is 1.33. The van der Waals surface area contributed by atoms with Crippen LogP contribution in [0.2, 0.25) is 0 Å². The number of rotatable bonds is 2. The normalized spacial score (nSPS) is 15.5. The van der Waals surface area contributed by atoms with E-state index in [1.165, 1.54) is 6.07 Å². The number of hydrogen-bond acceptors (Lipinski definition) is 2. The van der Waals surface area contributed by atoms with Crippen molar-refractivity contribution in [3.63, 3.8) is 0 Å². The van der Waals surface area contributed by atoms with Gasteiger partial charge in [-0.05, 0) is 47.2 Å². The van der Waals surface area contributed by atoms with Gasteiger partial charge in [-0.2, -0.15) is 0 Å². The van der Waals surface area contributed by atoms with E-state index in [0.29, 0.717) is 9.13 Å². The van der Waals surface area contributed by atoms with Gasteiger partial charge in [-0.25, -0.2) is 4.39 Å². The minimum atomic E-state index is -0.667. The molecular formula is C9H11FINO. The summed E-state index contributed by atoms with van der Waals surface area (Å²) in [5, 5.41) is 9.19. The lowest BCUT2D eigenvalue weighted by Gasteiger charge is -2.15. The molecule has 1 aromatic rings. The molecule has 72 valence electrons. The topological polar surface area (TPSA) is 46.2 Å². The minimum absolute atomic E-state index is 0.297. The van der Waals surface area contributed by atoms with E-state index in [-0.39, 0.29) is 5.82 Å². The zero-order valence-corrected chi connectivity index (χ0v) is 9.32. The summed E-state index contributed by atoms with van der Waals surface area (Å²) >= 11 is 1.90. The average molecular weight is 295 g/mol. The van der Waals surface area contributed by atoms with Crippen molar-refractivity contribution in [1.82, 2.24) is 0 Å². The molecule has 0 saturated heterocycles. The standard InChI is InChI=1S/C9H11FINO/c1-5(13)9(12)6-2-3-8(11)7(10)4-6/h2-5,9,13H,12H2,1H3. The zero-order valence-electron chi connectivity index (χ0n) is 7.17. The first kappa shape index (κ1) is 10.9. The Bertz CT molecular complexity index is 304. The molecule has 2 unspecified atom stereocenters. The third-order valence-electron chi connectivity index (χ3n) is 1.85. The summed E-state index contributed by atoms with van der Waals surface area (Å²) in [6.45, 7) is 1.58. The fourth-order valence-electron chi connectivity index (χ4n) is 0.998. The van der Waals surface area contributed by atoms with Crippen LogP contribution in [-0.4, -0.2) is 11.2 Å². The van der Waals surface area contributed by atoms with E-state index >= 15 is 0 Å². The van der Waals surface area contributed by atoms with E-state index in [4.69, 9.17) is 5.73 Å². The highest BCUT2D eigenvalue weighted by molar-refractivity contribution is 14.1. The highest BCUT2D eigenvalue weighted by Crippen LogP contribution is 2.18. The molecule has 2 atom stereocenters. The molecule has 13 heavy (non-hydrogen) atoms. The summed E-state index contributed by atoms with van der Waals surface area (Å²) in [6, 6.07) is 4.21. The molecule has 3 N–H and O–H groups in total. The van der Waals surface area contributed by atoms with Crippen LogP contribution >= 0.6 is 22.6 Å². The van der Waals surface area contributed by atoms with Gasteiger partial charge >= 0.3 is 0 Å². The molecule has 4 heteroatoms. The second kappa shape index (κ2) is 4.34. The molecule has 0 radical (unpaired) electrons. The van der Waals surface area contributed by atoms with E-state index in [2.05, 4.69) is 0 Å². The van der Waals surface area contributed by atoms with Crippen LogP contribution in [0.25, 0.3) is 0 Å². The highest BCUT2D eigenvalue weighted by Gasteiger charge is 2.13. The lowest BCUT2D eigenvalue weighted by molar-refractivity contribution is 0.164. The van der Waals surface area contributed by atoms with Gasteiger partial charge in [0.15, 0.2) is 0 Å². The van der Waals surface area contributed by atoms with Crippen LogP contribution in [0.3, 0.4) is 0 Å². The van der Waals surface area contributed by atoms with Gasteiger partial charge in [-0.1, -0.05) is 6.07 Å². The minimum Gasteiger partial charge on any atom is -0.391 e. The fraction of sp³-hybridized carbons (Fsp3) is 0.333. The highest BCUT2D eigenvalue weighted by atomic mass is 127. The average Bonchev–Trinajstić information content (AvgIpc) is 2.08. The molecule has 0 aromatic heterocycles. The predicted molar refractivity (Wildman–Crippen MR) is 57.7 cm³/mol. The van der Waals surface area contributed by atoms with Crippen molar-refractivity contribution in [2.45, 2.75) is 19.1 Å². The van der Waals surface area contributed by atoms with E-state index < -0.39 is 12.1 Å². The van der Waals surface area contributed by atoms with Gasteiger partial charge in [0.2, 0.25) is 0 Å². The van der Waals surface area contributed by atoms with Crippen molar-refractivity contribution >= 4 is 22.6 Å². The lowest BCUT2D eigenvalue weighted by atomic mass is 10.0. The number of benzene rings is 1. The monoisotopic (exact) mass is 295 g/mol. The quantitative estimate of drug-likeness (QED) is 0.817. The van der Waals surface area contributed by atoms with Crippen molar-refractivity contribution in [3.8, 4) is 0 Å². The van der Waals surface area contributed by atoms with Crippen LogP contribution in [0.1, 0.15) is 18.5 Å². The SMILES string of the molecule is CC(O)C(N)c1ccc(I)c(F)c1. The Morgan fingerprint density at radius 3 is 2.62 bits per heavy atom. The molecule has 0 fully saturated rings. The summed E-state index contributed by atoms with van der Waals surface area (Å²) in [5.41, 5.74) is 6.26. The van der Waals surface area contributed by atoms with E-state index in [0.717, 1.165) is 0 Å². The number of halogens is 2. The van der Waals surface area contributed by atoms with Gasteiger partial charge in [-0.15, -0.1) is 0 Å². The summed E-state index contributed by atoms with van der Waals surface area (Å²) in [6.07, 6.45) is -0.667. The molecule has 0 saturated carbocycles. The molecule has 1 aromatic carbocycles. The number of nitrogens with two attached hydrogens (primary N) is 1. The van der Waals surface area contributed by atoms with E-state index in [1.54, 1.807) is 19.1 Å². The maximum absolute atomic E-state index is 13.1. The Balaban J connectivity index is 2.97. The van der Waals surface area contributed by atoms with Crippen molar-refractivity contribution in [2.75, 3.05) is 0 Å². The molecular weight excluding hydrogens is 284 g/mol. The van der Waals surface area contributed by atoms with Crippen LogP contribution in [0.4, 0.5) is 4.39 Å². The van der Waals surface area contributed by atoms with Crippen molar-refractivity contribution in [1.29, 1.82) is 0 Å². The molecule has 2 nitrogen and oxygen atoms in total. The van der Waals surface area contributed by atoms with Gasteiger partial charge in [-0.3, -0.25) is 0 Å². The molecule has 0 aliphatic rings. The Labute approximate surface area is 90.1 Å². The van der Waals surface area contributed by atoms with Gasteiger partial charge in [0.1, 0.15) is 5.82 Å². The van der Waals surface area contributed by atoms with E-state index in [1.807, 2.05) is 22.6 Å². The van der Waals surface area contributed by atoms with Crippen LogP contribution in [0.15, 0.2) is 18.2 Å². The first-order valence-electron chi connectivity index (χ1n) is 3.91. The first-order valence-corrected chi connectivity index (χ1v) is 4.99. The van der Waals surface area contributed by atoms with Crippen LogP contribution in [0, 0.1) is 9.39 Å². The Morgan fingerprint density at radius 2 is 2.15 bits per heavy atom. The predicted octanol–water partition coefficient (Wildman–Crippen LogP) is 1.81. The second-order valence-corrected chi connectivity index (χ2v) is 4.10. The smallest absolute Gasteiger partial charge is 0.136 e. The van der Waals surface area contributed by atoms with Gasteiger partial charge in [0.05, 0.1) is 12.1 Å². The molecule has 0 aliphatic carbocycles. The largest absolute Gasteiger partial charge is 0.391 e. The van der Waals surface area contributed by atoms with Crippen molar-refractivity contribution < 1.29 is 9.50 Å². The summed E-state index contributed by atoms with van der Waals surface area (Å²) < 4.78 is 13.6. The Morgan fingerprint density at radius 1 is 1.54 bits per heavy atom. The molecule has 0 spiro atoms. The summed E-state index contributed by atoms with van der Waals surface area (Å²) in [4.78, 5) is 0. The van der Waals surface area contributed by atoms with Crippen molar-refractivity contribution in [3.05, 3.63) is 33.1 Å². The number of aliphatic hydroxyl groups excluding tert-OH is 1. The Hall–Kier alpha value is -0.200. The van der Waals surface area contributed by atoms with E-state index in [9.17, 15) is 9.50 Å². The van der Waals surface area contributed by atoms with Crippen LogP contribution in [-0.2, 0) is 0 Å². The first-order chi connectivity index (χ1) is 6.02. The molecule has 0 heterocycles. The lowest BCUT2D eigenvalue weighted by Crippen LogP contribution is -2.23. The zero-order chi connectivity index (χ0) is 10.0. The number of aliphatic hydroxyl groups is 1. The molecule has 0 bridgehead atoms. The maximum atomic E-state index is 13.1. The summed E-state index contributed by atoms with van der Waals surface area (Å²) in [5.74, 6) is -0.297.